The Morgan fingerprint density at radius 3 is 2.91 bits per heavy atom. The largest absolute Gasteiger partial charge is 0.233 e. The molecule has 0 aliphatic heterocycles. The van der Waals surface area contributed by atoms with Crippen LogP contribution >= 0.6 is 27.3 Å². The van der Waals surface area contributed by atoms with Crippen molar-refractivity contribution in [3.8, 4) is 6.07 Å². The van der Waals surface area contributed by atoms with E-state index in [2.05, 4.69) is 33.9 Å². The number of thiazole rings is 1. The molecule has 0 N–H and O–H groups in total. The van der Waals surface area contributed by atoms with E-state index in [0.717, 1.165) is 17.8 Å². The maximum Gasteiger partial charge on any atom is 0.139 e. The van der Waals surface area contributed by atoms with Crippen LogP contribution in [0.25, 0.3) is 0 Å². The monoisotopic (exact) mass is 230 g/mol. The summed E-state index contributed by atoms with van der Waals surface area (Å²) in [6.07, 6.45) is 2.04. The maximum atomic E-state index is 8.59. The molecule has 0 spiro atoms. The van der Waals surface area contributed by atoms with E-state index >= 15 is 0 Å². The number of hydrogen-bond donors (Lipinski definition) is 0. The number of rotatable bonds is 2. The summed E-state index contributed by atoms with van der Waals surface area (Å²) < 4.78 is 0.688. The third kappa shape index (κ3) is 2.01. The van der Waals surface area contributed by atoms with Crippen LogP contribution in [0.2, 0.25) is 0 Å². The molecule has 1 rings (SSSR count). The number of aromatic nitrogens is 1. The summed E-state index contributed by atoms with van der Waals surface area (Å²) in [4.78, 5) is 4.86. The molecule has 2 nitrogen and oxygen atoms in total. The van der Waals surface area contributed by atoms with E-state index in [1.807, 2.05) is 0 Å². The zero-order valence-corrected chi connectivity index (χ0v) is 8.50. The van der Waals surface area contributed by atoms with Crippen LogP contribution in [-0.2, 0) is 6.42 Å². The Hall–Kier alpha value is -0.400. The first-order chi connectivity index (χ1) is 5.27. The highest BCUT2D eigenvalue weighted by Gasteiger charge is 2.06. The standard InChI is InChI=1S/C7H7BrN2S/c1-2-3-6-10-7(8)5(4-9)11-6/h2-3H2,1H3. The molecule has 0 unspecified atom stereocenters. The number of nitrogens with zero attached hydrogens (tertiary/aromatic N) is 2. The third-order valence-electron chi connectivity index (χ3n) is 1.20. The second kappa shape index (κ2) is 3.84. The minimum absolute atomic E-state index is 0.674. The SMILES string of the molecule is CCCc1nc(Br)c(C#N)s1. The molecule has 0 fully saturated rings. The molecule has 1 aromatic heterocycles. The van der Waals surface area contributed by atoms with Crippen LogP contribution in [0.5, 0.6) is 0 Å². The number of aryl methyl sites for hydroxylation is 1. The van der Waals surface area contributed by atoms with Gasteiger partial charge in [0.1, 0.15) is 15.5 Å². The van der Waals surface area contributed by atoms with Crippen molar-refractivity contribution in [1.29, 1.82) is 5.26 Å². The van der Waals surface area contributed by atoms with E-state index < -0.39 is 0 Å². The van der Waals surface area contributed by atoms with Gasteiger partial charge in [0.25, 0.3) is 0 Å². The van der Waals surface area contributed by atoms with Gasteiger partial charge >= 0.3 is 0 Å². The van der Waals surface area contributed by atoms with Crippen molar-refractivity contribution >= 4 is 27.3 Å². The number of nitriles is 1. The van der Waals surface area contributed by atoms with Gasteiger partial charge in [-0.3, -0.25) is 0 Å². The van der Waals surface area contributed by atoms with Gasteiger partial charge < -0.3 is 0 Å². The Morgan fingerprint density at radius 2 is 2.45 bits per heavy atom. The van der Waals surface area contributed by atoms with Gasteiger partial charge in [-0.05, 0) is 28.8 Å². The van der Waals surface area contributed by atoms with Gasteiger partial charge in [-0.25, -0.2) is 4.98 Å². The molecule has 0 aliphatic carbocycles. The molecule has 58 valence electrons. The molecule has 0 radical (unpaired) electrons. The minimum Gasteiger partial charge on any atom is -0.233 e. The van der Waals surface area contributed by atoms with E-state index in [9.17, 15) is 0 Å². The van der Waals surface area contributed by atoms with Crippen molar-refractivity contribution in [3.05, 3.63) is 14.5 Å². The van der Waals surface area contributed by atoms with Gasteiger partial charge in [0.05, 0.1) is 5.01 Å². The highest BCUT2D eigenvalue weighted by Crippen LogP contribution is 2.23. The second-order valence-corrected chi connectivity index (χ2v) is 3.92. The minimum atomic E-state index is 0.674. The second-order valence-electron chi connectivity index (χ2n) is 2.09. The van der Waals surface area contributed by atoms with Gasteiger partial charge in [0.15, 0.2) is 0 Å². The average molecular weight is 231 g/mol. The van der Waals surface area contributed by atoms with Crippen molar-refractivity contribution in [2.24, 2.45) is 0 Å². The molecular weight excluding hydrogens is 224 g/mol. The normalized spacial score (nSPS) is 9.55. The van der Waals surface area contributed by atoms with Crippen molar-refractivity contribution in [1.82, 2.24) is 4.98 Å². The molecule has 0 atom stereocenters. The first-order valence-electron chi connectivity index (χ1n) is 3.33. The molecule has 0 amide bonds. The summed E-state index contributed by atoms with van der Waals surface area (Å²) in [5.74, 6) is 0. The lowest BCUT2D eigenvalue weighted by Crippen LogP contribution is -1.78. The van der Waals surface area contributed by atoms with Gasteiger partial charge in [-0.1, -0.05) is 6.92 Å². The highest BCUT2D eigenvalue weighted by atomic mass is 79.9. The smallest absolute Gasteiger partial charge is 0.139 e. The van der Waals surface area contributed by atoms with Crippen LogP contribution in [0.1, 0.15) is 23.2 Å². The maximum absolute atomic E-state index is 8.59. The van der Waals surface area contributed by atoms with Crippen molar-refractivity contribution in [2.45, 2.75) is 19.8 Å². The molecule has 11 heavy (non-hydrogen) atoms. The van der Waals surface area contributed by atoms with E-state index in [4.69, 9.17) is 5.26 Å². The summed E-state index contributed by atoms with van der Waals surface area (Å²) >= 11 is 4.69. The summed E-state index contributed by atoms with van der Waals surface area (Å²) in [6, 6.07) is 2.08. The van der Waals surface area contributed by atoms with Gasteiger partial charge in [-0.2, -0.15) is 5.26 Å². The Kier molecular flexibility index (Phi) is 3.03. The van der Waals surface area contributed by atoms with Crippen molar-refractivity contribution in [2.75, 3.05) is 0 Å². The zero-order valence-electron chi connectivity index (χ0n) is 6.09. The van der Waals surface area contributed by atoms with E-state index in [1.165, 1.54) is 11.3 Å². The topological polar surface area (TPSA) is 36.7 Å². The fourth-order valence-corrected chi connectivity index (χ4v) is 2.25. The van der Waals surface area contributed by atoms with Crippen molar-refractivity contribution in [3.63, 3.8) is 0 Å². The van der Waals surface area contributed by atoms with Crippen LogP contribution in [-0.4, -0.2) is 4.98 Å². The lowest BCUT2D eigenvalue weighted by molar-refractivity contribution is 0.906. The number of halogens is 1. The third-order valence-corrected chi connectivity index (χ3v) is 3.05. The zero-order chi connectivity index (χ0) is 8.27. The quantitative estimate of drug-likeness (QED) is 0.784. The predicted octanol–water partition coefficient (Wildman–Crippen LogP) is 2.73. The average Bonchev–Trinajstić information content (AvgIpc) is 2.32. The van der Waals surface area contributed by atoms with Crippen LogP contribution < -0.4 is 0 Å². The molecule has 0 aliphatic rings. The Morgan fingerprint density at radius 1 is 1.73 bits per heavy atom. The molecule has 4 heteroatoms. The summed E-state index contributed by atoms with van der Waals surface area (Å²) in [5, 5.41) is 9.63. The fraction of sp³-hybridized carbons (Fsp3) is 0.429. The highest BCUT2D eigenvalue weighted by molar-refractivity contribution is 9.10. The summed E-state index contributed by atoms with van der Waals surface area (Å²) in [7, 11) is 0. The summed E-state index contributed by atoms with van der Waals surface area (Å²) in [6.45, 7) is 2.10. The molecule has 1 heterocycles. The Bertz CT molecular complexity index is 287. The molecule has 1 aromatic rings. The Labute approximate surface area is 78.0 Å². The predicted molar refractivity (Wildman–Crippen MR) is 48.5 cm³/mol. The van der Waals surface area contributed by atoms with E-state index in [0.29, 0.717) is 9.48 Å². The number of hydrogen-bond acceptors (Lipinski definition) is 3. The lowest BCUT2D eigenvalue weighted by atomic mass is 10.4. The Balaban J connectivity index is 2.89. The van der Waals surface area contributed by atoms with Crippen LogP contribution in [0, 0.1) is 11.3 Å². The van der Waals surface area contributed by atoms with Crippen LogP contribution in [0.4, 0.5) is 0 Å². The van der Waals surface area contributed by atoms with Crippen molar-refractivity contribution < 1.29 is 0 Å². The van der Waals surface area contributed by atoms with E-state index in [1.54, 1.807) is 0 Å². The van der Waals surface area contributed by atoms with Gasteiger partial charge in [0.2, 0.25) is 0 Å². The molecule has 0 aromatic carbocycles. The summed E-state index contributed by atoms with van der Waals surface area (Å²) in [5.41, 5.74) is 0. The van der Waals surface area contributed by atoms with Crippen LogP contribution in [0.15, 0.2) is 4.60 Å². The molecular formula is C7H7BrN2S. The first kappa shape index (κ1) is 8.69. The molecule has 0 bridgehead atoms. The van der Waals surface area contributed by atoms with E-state index in [-0.39, 0.29) is 0 Å². The van der Waals surface area contributed by atoms with Gasteiger partial charge in [0, 0.05) is 0 Å². The lowest BCUT2D eigenvalue weighted by Gasteiger charge is -1.84. The molecule has 0 saturated heterocycles. The first-order valence-corrected chi connectivity index (χ1v) is 4.94. The van der Waals surface area contributed by atoms with Gasteiger partial charge in [-0.15, -0.1) is 11.3 Å². The van der Waals surface area contributed by atoms with Crippen LogP contribution in [0.3, 0.4) is 0 Å². The fourth-order valence-electron chi connectivity index (χ4n) is 0.733. The molecule has 0 saturated carbocycles.